The van der Waals surface area contributed by atoms with Gasteiger partial charge in [0.25, 0.3) is 0 Å². The Hall–Kier alpha value is -0.930. The highest BCUT2D eigenvalue weighted by atomic mass is 35.5. The van der Waals surface area contributed by atoms with E-state index in [-0.39, 0.29) is 29.3 Å². The summed E-state index contributed by atoms with van der Waals surface area (Å²) in [5.74, 6) is -0.685. The fourth-order valence-electron chi connectivity index (χ4n) is 1.22. The minimum atomic E-state index is -0.533. The van der Waals surface area contributed by atoms with Crippen molar-refractivity contribution in [1.29, 1.82) is 0 Å². The minimum absolute atomic E-state index is 0.0341. The number of Topliss-reactive ketones (excluding diaryl/α,β-unsaturated/α-hetero) is 1. The fourth-order valence-corrected chi connectivity index (χ4v) is 1.42. The number of hydrogen-bond acceptors (Lipinski definition) is 2. The summed E-state index contributed by atoms with van der Waals surface area (Å²) < 4.78 is 13.3. The van der Waals surface area contributed by atoms with E-state index in [9.17, 15) is 9.18 Å². The quantitative estimate of drug-likeness (QED) is 0.787. The van der Waals surface area contributed by atoms with E-state index in [4.69, 9.17) is 17.3 Å². The number of carbonyl (C=O) groups excluding carboxylic acids is 1. The van der Waals surface area contributed by atoms with Crippen LogP contribution in [0, 0.1) is 12.7 Å². The predicted octanol–water partition coefficient (Wildman–Crippen LogP) is 2.32. The Kier molecular flexibility index (Phi) is 3.61. The Morgan fingerprint density at radius 2 is 2.21 bits per heavy atom. The molecule has 14 heavy (non-hydrogen) atoms. The molecule has 0 saturated heterocycles. The van der Waals surface area contributed by atoms with Crippen molar-refractivity contribution in [2.24, 2.45) is 5.73 Å². The van der Waals surface area contributed by atoms with E-state index in [2.05, 4.69) is 0 Å². The molecule has 0 atom stereocenters. The molecule has 0 bridgehead atoms. The molecule has 0 aliphatic heterocycles. The van der Waals surface area contributed by atoms with Gasteiger partial charge in [0, 0.05) is 12.0 Å². The van der Waals surface area contributed by atoms with E-state index in [0.717, 1.165) is 0 Å². The van der Waals surface area contributed by atoms with Crippen LogP contribution < -0.4 is 5.73 Å². The smallest absolute Gasteiger partial charge is 0.164 e. The zero-order valence-corrected chi connectivity index (χ0v) is 8.57. The number of ketones is 1. The lowest BCUT2D eigenvalue weighted by molar-refractivity contribution is 0.0984. The van der Waals surface area contributed by atoms with E-state index in [1.807, 2.05) is 0 Å². The Balaban J connectivity index is 3.11. The van der Waals surface area contributed by atoms with Crippen molar-refractivity contribution >= 4 is 17.4 Å². The molecule has 1 aromatic carbocycles. The van der Waals surface area contributed by atoms with Crippen molar-refractivity contribution in [2.75, 3.05) is 6.54 Å². The van der Waals surface area contributed by atoms with Crippen molar-refractivity contribution < 1.29 is 9.18 Å². The molecule has 0 saturated carbocycles. The molecule has 0 heterocycles. The first kappa shape index (κ1) is 11.1. The zero-order valence-electron chi connectivity index (χ0n) is 7.81. The normalized spacial score (nSPS) is 10.3. The number of halogens is 2. The topological polar surface area (TPSA) is 43.1 Å². The first-order chi connectivity index (χ1) is 6.57. The van der Waals surface area contributed by atoms with Crippen molar-refractivity contribution in [3.8, 4) is 0 Å². The Labute approximate surface area is 86.9 Å². The summed E-state index contributed by atoms with van der Waals surface area (Å²) in [6.07, 6.45) is 0.224. The third-order valence-electron chi connectivity index (χ3n) is 2.01. The largest absolute Gasteiger partial charge is 0.330 e. The van der Waals surface area contributed by atoms with Gasteiger partial charge in [0.05, 0.1) is 5.02 Å². The van der Waals surface area contributed by atoms with Gasteiger partial charge in [0.1, 0.15) is 5.82 Å². The maximum Gasteiger partial charge on any atom is 0.164 e. The summed E-state index contributed by atoms with van der Waals surface area (Å²) in [4.78, 5) is 11.4. The van der Waals surface area contributed by atoms with Gasteiger partial charge in [-0.3, -0.25) is 4.79 Å². The summed E-state index contributed by atoms with van der Waals surface area (Å²) in [5.41, 5.74) is 5.89. The highest BCUT2D eigenvalue weighted by molar-refractivity contribution is 6.31. The molecule has 0 amide bonds. The van der Waals surface area contributed by atoms with Crippen molar-refractivity contribution in [3.05, 3.63) is 34.1 Å². The average molecular weight is 216 g/mol. The molecule has 4 heteroatoms. The summed E-state index contributed by atoms with van der Waals surface area (Å²) in [7, 11) is 0. The SMILES string of the molecule is Cc1c(C(=O)CCN)ccc(Cl)c1F. The van der Waals surface area contributed by atoms with Crippen LogP contribution in [0.25, 0.3) is 0 Å². The number of benzene rings is 1. The first-order valence-electron chi connectivity index (χ1n) is 4.25. The molecule has 0 unspecified atom stereocenters. The minimum Gasteiger partial charge on any atom is -0.330 e. The van der Waals surface area contributed by atoms with Crippen LogP contribution in [0.15, 0.2) is 12.1 Å². The van der Waals surface area contributed by atoms with Gasteiger partial charge < -0.3 is 5.73 Å². The number of hydrogen-bond donors (Lipinski definition) is 1. The molecule has 1 aromatic rings. The maximum atomic E-state index is 13.3. The first-order valence-corrected chi connectivity index (χ1v) is 4.63. The maximum absolute atomic E-state index is 13.3. The van der Waals surface area contributed by atoms with Gasteiger partial charge in [0.15, 0.2) is 5.78 Å². The molecule has 1 rings (SSSR count). The lowest BCUT2D eigenvalue weighted by atomic mass is 10.0. The van der Waals surface area contributed by atoms with Crippen LogP contribution >= 0.6 is 11.6 Å². The predicted molar refractivity (Wildman–Crippen MR) is 54.1 cm³/mol. The molecule has 0 aliphatic carbocycles. The summed E-state index contributed by atoms with van der Waals surface area (Å²) in [6.45, 7) is 1.80. The van der Waals surface area contributed by atoms with Gasteiger partial charge in [-0.2, -0.15) is 0 Å². The van der Waals surface area contributed by atoms with Crippen molar-refractivity contribution in [3.63, 3.8) is 0 Å². The Bertz CT molecular complexity index is 365. The highest BCUT2D eigenvalue weighted by Gasteiger charge is 2.13. The highest BCUT2D eigenvalue weighted by Crippen LogP contribution is 2.21. The average Bonchev–Trinajstić information content (AvgIpc) is 2.15. The molecule has 0 fully saturated rings. The van der Waals surface area contributed by atoms with E-state index in [1.165, 1.54) is 19.1 Å². The molecule has 0 aliphatic rings. The lowest BCUT2D eigenvalue weighted by Crippen LogP contribution is -2.10. The molecule has 2 N–H and O–H groups in total. The third kappa shape index (κ3) is 2.11. The number of nitrogens with two attached hydrogens (primary N) is 1. The molecular formula is C10H11ClFNO. The Morgan fingerprint density at radius 3 is 2.79 bits per heavy atom. The van der Waals surface area contributed by atoms with Gasteiger partial charge in [0.2, 0.25) is 0 Å². The molecule has 76 valence electrons. The van der Waals surface area contributed by atoms with E-state index in [1.54, 1.807) is 0 Å². The lowest BCUT2D eigenvalue weighted by Gasteiger charge is -2.05. The van der Waals surface area contributed by atoms with Gasteiger partial charge in [-0.25, -0.2) is 4.39 Å². The fraction of sp³-hybridized carbons (Fsp3) is 0.300. The van der Waals surface area contributed by atoms with Crippen LogP contribution in [0.5, 0.6) is 0 Å². The van der Waals surface area contributed by atoms with Crippen LogP contribution in [0.1, 0.15) is 22.3 Å². The van der Waals surface area contributed by atoms with Crippen molar-refractivity contribution in [1.82, 2.24) is 0 Å². The van der Waals surface area contributed by atoms with E-state index < -0.39 is 5.82 Å². The second-order valence-electron chi connectivity index (χ2n) is 3.00. The molecule has 0 radical (unpaired) electrons. The summed E-state index contributed by atoms with van der Waals surface area (Å²) >= 11 is 5.56. The molecule has 0 spiro atoms. The van der Waals surface area contributed by atoms with Gasteiger partial charge >= 0.3 is 0 Å². The van der Waals surface area contributed by atoms with Crippen LogP contribution in [-0.4, -0.2) is 12.3 Å². The Morgan fingerprint density at radius 1 is 1.57 bits per heavy atom. The summed E-state index contributed by atoms with van der Waals surface area (Å²) in [6, 6.07) is 2.91. The van der Waals surface area contributed by atoms with Crippen molar-refractivity contribution in [2.45, 2.75) is 13.3 Å². The number of rotatable bonds is 3. The number of carbonyl (C=O) groups is 1. The molecule has 2 nitrogen and oxygen atoms in total. The molecule has 0 aromatic heterocycles. The summed E-state index contributed by atoms with van der Waals surface area (Å²) in [5, 5.41) is 0.0341. The monoisotopic (exact) mass is 215 g/mol. The van der Waals surface area contributed by atoms with Crippen LogP contribution in [0.4, 0.5) is 4.39 Å². The second-order valence-corrected chi connectivity index (χ2v) is 3.40. The second kappa shape index (κ2) is 4.53. The van der Waals surface area contributed by atoms with Crippen LogP contribution in [-0.2, 0) is 0 Å². The third-order valence-corrected chi connectivity index (χ3v) is 2.30. The van der Waals surface area contributed by atoms with E-state index >= 15 is 0 Å². The van der Waals surface area contributed by atoms with E-state index in [0.29, 0.717) is 5.56 Å². The van der Waals surface area contributed by atoms with Crippen LogP contribution in [0.2, 0.25) is 5.02 Å². The van der Waals surface area contributed by atoms with Gasteiger partial charge in [-0.15, -0.1) is 0 Å². The standard InChI is InChI=1S/C10H11ClFNO/c1-6-7(9(14)4-5-13)2-3-8(11)10(6)12/h2-3H,4-5,13H2,1H3. The van der Waals surface area contributed by atoms with Crippen LogP contribution in [0.3, 0.4) is 0 Å². The zero-order chi connectivity index (χ0) is 10.7. The van der Waals surface area contributed by atoms with Gasteiger partial charge in [-0.1, -0.05) is 11.6 Å². The van der Waals surface area contributed by atoms with Gasteiger partial charge in [-0.05, 0) is 31.2 Å². The molecular weight excluding hydrogens is 205 g/mol.